The van der Waals surface area contributed by atoms with E-state index in [4.69, 9.17) is 4.52 Å². The van der Waals surface area contributed by atoms with Crippen LogP contribution in [0.5, 0.6) is 0 Å². The molecule has 4 rings (SSSR count). The summed E-state index contributed by atoms with van der Waals surface area (Å²) in [6.07, 6.45) is 4.66. The van der Waals surface area contributed by atoms with E-state index >= 15 is 0 Å². The maximum Gasteiger partial charge on any atom is 0.287 e. The third kappa shape index (κ3) is 5.93. The van der Waals surface area contributed by atoms with Crippen LogP contribution in [0.15, 0.2) is 54.6 Å². The molecule has 0 N–H and O–H groups in total. The Morgan fingerprint density at radius 2 is 1.60 bits per heavy atom. The summed E-state index contributed by atoms with van der Waals surface area (Å²) in [7, 11) is 0. The van der Waals surface area contributed by atoms with E-state index in [1.807, 2.05) is 30.3 Å². The molecule has 2 aromatic rings. The van der Waals surface area contributed by atoms with Crippen molar-refractivity contribution in [3.63, 3.8) is 0 Å². The predicted molar refractivity (Wildman–Crippen MR) is 143 cm³/mol. The van der Waals surface area contributed by atoms with E-state index in [-0.39, 0.29) is 17.9 Å². The fourth-order valence-electron chi connectivity index (χ4n) is 5.19. The molecule has 4 atom stereocenters. The van der Waals surface area contributed by atoms with E-state index < -0.39 is 6.57 Å². The van der Waals surface area contributed by atoms with Gasteiger partial charge in [0.15, 0.2) is 0 Å². The molecular formula is C28H36NO4PS. The molecule has 2 aliphatic rings. The lowest BCUT2D eigenvalue weighted by atomic mass is 9.75. The Morgan fingerprint density at radius 3 is 2.23 bits per heavy atom. The number of amides is 2. The van der Waals surface area contributed by atoms with Crippen LogP contribution in [-0.4, -0.2) is 35.1 Å². The summed E-state index contributed by atoms with van der Waals surface area (Å²) in [6, 6.07) is 16.5. The average Bonchev–Trinajstić information content (AvgIpc) is 3.09. The molecule has 0 radical (unpaired) electrons. The van der Waals surface area contributed by atoms with Crippen molar-refractivity contribution in [2.45, 2.75) is 59.0 Å². The van der Waals surface area contributed by atoms with Crippen molar-refractivity contribution in [1.29, 1.82) is 0 Å². The Hall–Kier alpha value is -1.88. The van der Waals surface area contributed by atoms with Crippen LogP contribution in [0.4, 0.5) is 0 Å². The first-order chi connectivity index (χ1) is 16.8. The number of rotatable bonds is 10. The number of unbranched alkanes of at least 4 members (excludes halogenated alkanes) is 1. The molecule has 1 fully saturated rings. The standard InChI is InChI=1S/C28H36NO4PS/c1-20(2)23-16-15-21(3)19-26(23)33-34(32,22-11-5-4-6-12-22)35-18-10-9-17-29-27(30)24-13-7-8-14-25(24)28(29)31/h4-8,11-14,20-21,23,26H,9-10,15-19H2,1-3H3/t21-,23+,26-,34?/m1/s1. The summed E-state index contributed by atoms with van der Waals surface area (Å²) in [4.78, 5) is 26.5. The second-order valence-corrected chi connectivity index (χ2v) is 14.8. The molecule has 1 unspecified atom stereocenters. The van der Waals surface area contributed by atoms with Crippen molar-refractivity contribution in [3.8, 4) is 0 Å². The molecule has 0 bridgehead atoms. The molecule has 2 aromatic carbocycles. The third-order valence-electron chi connectivity index (χ3n) is 7.22. The van der Waals surface area contributed by atoms with Gasteiger partial charge in [-0.1, -0.05) is 68.9 Å². The van der Waals surface area contributed by atoms with Crippen LogP contribution in [-0.2, 0) is 9.09 Å². The van der Waals surface area contributed by atoms with Gasteiger partial charge < -0.3 is 4.52 Å². The number of carbonyl (C=O) groups excluding carboxylic acids is 2. The van der Waals surface area contributed by atoms with Crippen LogP contribution in [0.3, 0.4) is 0 Å². The predicted octanol–water partition coefficient (Wildman–Crippen LogP) is 6.79. The van der Waals surface area contributed by atoms with Crippen molar-refractivity contribution >= 4 is 35.1 Å². The number of imide groups is 1. The third-order valence-corrected chi connectivity index (χ3v) is 12.0. The van der Waals surface area contributed by atoms with Gasteiger partial charge in [-0.05, 0) is 67.7 Å². The lowest BCUT2D eigenvalue weighted by Crippen LogP contribution is -2.34. The SMILES string of the molecule is CC(C)[C@@H]1CC[C@@H](C)C[C@H]1OP(=O)(SCCCCN1C(=O)c2ccccc2C1=O)c1ccccc1. The monoisotopic (exact) mass is 513 g/mol. The zero-order valence-corrected chi connectivity index (χ0v) is 22.6. The average molecular weight is 514 g/mol. The summed E-state index contributed by atoms with van der Waals surface area (Å²) in [5.74, 6) is 1.68. The Labute approximate surface area is 213 Å². The number of hydrogen-bond donors (Lipinski definition) is 0. The molecule has 0 aromatic heterocycles. The Balaban J connectivity index is 1.37. The molecule has 1 heterocycles. The van der Waals surface area contributed by atoms with Crippen LogP contribution < -0.4 is 5.30 Å². The van der Waals surface area contributed by atoms with Gasteiger partial charge in [0, 0.05) is 17.6 Å². The summed E-state index contributed by atoms with van der Waals surface area (Å²) in [5.41, 5.74) is 0.963. The maximum absolute atomic E-state index is 14.3. The van der Waals surface area contributed by atoms with Crippen molar-refractivity contribution in [2.24, 2.45) is 17.8 Å². The molecule has 7 heteroatoms. The van der Waals surface area contributed by atoms with Crippen LogP contribution in [0.2, 0.25) is 0 Å². The molecule has 35 heavy (non-hydrogen) atoms. The van der Waals surface area contributed by atoms with Gasteiger partial charge >= 0.3 is 0 Å². The highest BCUT2D eigenvalue weighted by Gasteiger charge is 2.38. The molecule has 0 spiro atoms. The Morgan fingerprint density at radius 1 is 0.971 bits per heavy atom. The van der Waals surface area contributed by atoms with Gasteiger partial charge in [0.2, 0.25) is 0 Å². The highest BCUT2D eigenvalue weighted by atomic mass is 32.7. The van der Waals surface area contributed by atoms with Crippen LogP contribution in [0.25, 0.3) is 0 Å². The molecular weight excluding hydrogens is 477 g/mol. The van der Waals surface area contributed by atoms with Crippen LogP contribution >= 0.6 is 18.0 Å². The largest absolute Gasteiger partial charge is 0.314 e. The van der Waals surface area contributed by atoms with Crippen molar-refractivity contribution in [1.82, 2.24) is 4.90 Å². The molecule has 2 amide bonds. The minimum Gasteiger partial charge on any atom is -0.314 e. The number of fused-ring (bicyclic) bond motifs is 1. The Bertz CT molecular complexity index is 1050. The highest BCUT2D eigenvalue weighted by Crippen LogP contribution is 2.61. The Kier molecular flexibility index (Phi) is 8.57. The van der Waals surface area contributed by atoms with Gasteiger partial charge in [0.25, 0.3) is 18.4 Å². The van der Waals surface area contributed by atoms with E-state index in [0.29, 0.717) is 47.6 Å². The topological polar surface area (TPSA) is 63.7 Å². The smallest absolute Gasteiger partial charge is 0.287 e. The van der Waals surface area contributed by atoms with E-state index in [9.17, 15) is 14.2 Å². The molecule has 1 aliphatic carbocycles. The van der Waals surface area contributed by atoms with Crippen molar-refractivity contribution < 1.29 is 18.7 Å². The number of hydrogen-bond acceptors (Lipinski definition) is 5. The fraction of sp³-hybridized carbons (Fsp3) is 0.500. The maximum atomic E-state index is 14.3. The lowest BCUT2D eigenvalue weighted by Gasteiger charge is -2.38. The minimum absolute atomic E-state index is 0.00404. The van der Waals surface area contributed by atoms with Crippen LogP contribution in [0.1, 0.15) is 73.6 Å². The zero-order chi connectivity index (χ0) is 25.0. The van der Waals surface area contributed by atoms with Gasteiger partial charge in [0.1, 0.15) is 0 Å². The minimum atomic E-state index is -3.11. The number of benzene rings is 2. The molecule has 188 valence electrons. The van der Waals surface area contributed by atoms with E-state index in [0.717, 1.165) is 24.6 Å². The lowest BCUT2D eigenvalue weighted by molar-refractivity contribution is 0.0526. The van der Waals surface area contributed by atoms with Gasteiger partial charge in [-0.25, -0.2) is 0 Å². The summed E-state index contributed by atoms with van der Waals surface area (Å²) in [6.45, 7) is 3.98. The molecule has 1 saturated carbocycles. The molecule has 0 saturated heterocycles. The molecule has 1 aliphatic heterocycles. The van der Waals surface area contributed by atoms with Gasteiger partial charge in [0.05, 0.1) is 17.2 Å². The van der Waals surface area contributed by atoms with Gasteiger partial charge in [-0.15, -0.1) is 0 Å². The first-order valence-electron chi connectivity index (χ1n) is 12.7. The van der Waals surface area contributed by atoms with E-state index in [2.05, 4.69) is 20.8 Å². The van der Waals surface area contributed by atoms with Gasteiger partial charge in [-0.2, -0.15) is 0 Å². The summed E-state index contributed by atoms with van der Waals surface area (Å²) < 4.78 is 20.8. The fourth-order valence-corrected chi connectivity index (χ4v) is 9.67. The molecule has 5 nitrogen and oxygen atoms in total. The van der Waals surface area contributed by atoms with Crippen LogP contribution in [0, 0.1) is 17.8 Å². The second-order valence-electron chi connectivity index (χ2n) is 10.2. The summed E-state index contributed by atoms with van der Waals surface area (Å²) in [5, 5.41) is 0.756. The first kappa shape index (κ1) is 26.2. The van der Waals surface area contributed by atoms with Crippen molar-refractivity contribution in [2.75, 3.05) is 12.3 Å². The first-order valence-corrected chi connectivity index (χ1v) is 16.0. The highest BCUT2D eigenvalue weighted by molar-refractivity contribution is 8.58. The normalized spacial score (nSPS) is 24.0. The van der Waals surface area contributed by atoms with Gasteiger partial charge in [-0.3, -0.25) is 19.1 Å². The zero-order valence-electron chi connectivity index (χ0n) is 20.9. The van der Waals surface area contributed by atoms with E-state index in [1.165, 1.54) is 22.7 Å². The number of carbonyl (C=O) groups is 2. The number of nitrogens with zero attached hydrogens (tertiary/aromatic N) is 1. The quantitative estimate of drug-likeness (QED) is 0.199. The summed E-state index contributed by atoms with van der Waals surface area (Å²) >= 11 is 1.40. The second kappa shape index (κ2) is 11.5. The van der Waals surface area contributed by atoms with Crippen molar-refractivity contribution in [3.05, 3.63) is 65.7 Å². The van der Waals surface area contributed by atoms with E-state index in [1.54, 1.807) is 24.3 Å².